The van der Waals surface area contributed by atoms with Gasteiger partial charge in [-0.15, -0.1) is 0 Å². The van der Waals surface area contributed by atoms with Gasteiger partial charge in [0.1, 0.15) is 11.5 Å². The van der Waals surface area contributed by atoms with E-state index in [1.807, 2.05) is 38.1 Å². The first-order chi connectivity index (χ1) is 12.4. The first-order valence-electron chi connectivity index (χ1n) is 8.23. The number of hydrogen-bond donors (Lipinski definition) is 1. The van der Waals surface area contributed by atoms with E-state index in [9.17, 15) is 9.59 Å². The Kier molecular flexibility index (Phi) is 6.60. The van der Waals surface area contributed by atoms with Crippen LogP contribution >= 0.6 is 0 Å². The maximum Gasteiger partial charge on any atom is 0.338 e. The number of benzene rings is 2. The van der Waals surface area contributed by atoms with Gasteiger partial charge in [0.25, 0.3) is 5.91 Å². The zero-order valence-electron chi connectivity index (χ0n) is 15.4. The molecule has 0 radical (unpaired) electrons. The molecular weight excluding hydrogens is 334 g/mol. The third kappa shape index (κ3) is 4.99. The van der Waals surface area contributed by atoms with Crippen molar-refractivity contribution < 1.29 is 23.8 Å². The number of amides is 1. The Hall–Kier alpha value is -3.02. The van der Waals surface area contributed by atoms with Gasteiger partial charge in [0, 0.05) is 11.8 Å². The number of carbonyl (C=O) groups excluding carboxylic acids is 2. The Bertz CT molecular complexity index is 763. The lowest BCUT2D eigenvalue weighted by atomic mass is 10.0. The zero-order chi connectivity index (χ0) is 19.1. The molecular formula is C20H23NO5. The van der Waals surface area contributed by atoms with E-state index in [2.05, 4.69) is 5.32 Å². The number of esters is 1. The van der Waals surface area contributed by atoms with E-state index < -0.39 is 11.9 Å². The summed E-state index contributed by atoms with van der Waals surface area (Å²) in [5, 5.41) is 2.78. The fourth-order valence-electron chi connectivity index (χ4n) is 2.44. The first-order valence-corrected chi connectivity index (χ1v) is 8.23. The Balaban J connectivity index is 2.00. The van der Waals surface area contributed by atoms with Crippen LogP contribution in [0.5, 0.6) is 11.5 Å². The number of para-hydroxylation sites is 1. The summed E-state index contributed by atoms with van der Waals surface area (Å²) in [6.45, 7) is 3.70. The molecule has 6 heteroatoms. The molecule has 0 spiro atoms. The van der Waals surface area contributed by atoms with Crippen LogP contribution in [0.4, 0.5) is 5.69 Å². The fourth-order valence-corrected chi connectivity index (χ4v) is 2.44. The molecule has 2 rings (SSSR count). The minimum Gasteiger partial charge on any atom is -0.497 e. The lowest BCUT2D eigenvalue weighted by Crippen LogP contribution is -2.21. The molecule has 0 saturated heterocycles. The first kappa shape index (κ1) is 19.3. The van der Waals surface area contributed by atoms with Crippen LogP contribution in [0.15, 0.2) is 42.5 Å². The number of methoxy groups -OCH3 is 2. The number of rotatable bonds is 7. The highest BCUT2D eigenvalue weighted by Crippen LogP contribution is 2.24. The highest BCUT2D eigenvalue weighted by Gasteiger charge is 2.14. The molecule has 0 aliphatic heterocycles. The molecule has 0 bridgehead atoms. The van der Waals surface area contributed by atoms with Crippen molar-refractivity contribution in [1.29, 1.82) is 0 Å². The van der Waals surface area contributed by atoms with Gasteiger partial charge in [-0.25, -0.2) is 4.79 Å². The molecule has 138 valence electrons. The second kappa shape index (κ2) is 8.89. The highest BCUT2D eigenvalue weighted by molar-refractivity contribution is 5.96. The molecule has 0 aromatic heterocycles. The number of carbonyl (C=O) groups is 2. The van der Waals surface area contributed by atoms with Gasteiger partial charge in [0.05, 0.1) is 19.8 Å². The Morgan fingerprint density at radius 3 is 2.19 bits per heavy atom. The Labute approximate surface area is 153 Å². The van der Waals surface area contributed by atoms with E-state index in [1.165, 1.54) is 26.4 Å². The molecule has 1 N–H and O–H groups in total. The predicted octanol–water partition coefficient (Wildman–Crippen LogP) is 3.62. The third-order valence-corrected chi connectivity index (χ3v) is 3.78. The minimum atomic E-state index is -0.630. The van der Waals surface area contributed by atoms with Gasteiger partial charge >= 0.3 is 5.97 Å². The van der Waals surface area contributed by atoms with Crippen molar-refractivity contribution in [2.24, 2.45) is 0 Å². The molecule has 0 fully saturated rings. The summed E-state index contributed by atoms with van der Waals surface area (Å²) in [5.41, 5.74) is 1.98. The number of hydrogen-bond acceptors (Lipinski definition) is 5. The van der Waals surface area contributed by atoms with Gasteiger partial charge < -0.3 is 19.5 Å². The van der Waals surface area contributed by atoms with E-state index in [0.29, 0.717) is 17.2 Å². The molecule has 2 aromatic carbocycles. The summed E-state index contributed by atoms with van der Waals surface area (Å²) >= 11 is 0. The van der Waals surface area contributed by atoms with Crippen molar-refractivity contribution in [2.75, 3.05) is 26.1 Å². The van der Waals surface area contributed by atoms with Crippen LogP contribution in [0.3, 0.4) is 0 Å². The molecule has 1 amide bonds. The Morgan fingerprint density at radius 1 is 1.00 bits per heavy atom. The minimum absolute atomic E-state index is 0.247. The predicted molar refractivity (Wildman–Crippen MR) is 99.0 cm³/mol. The van der Waals surface area contributed by atoms with Gasteiger partial charge in [0.2, 0.25) is 0 Å². The van der Waals surface area contributed by atoms with Crippen molar-refractivity contribution in [2.45, 2.75) is 19.8 Å². The van der Waals surface area contributed by atoms with E-state index in [1.54, 1.807) is 6.07 Å². The quantitative estimate of drug-likeness (QED) is 0.766. The topological polar surface area (TPSA) is 73.9 Å². The molecule has 0 saturated carbocycles. The summed E-state index contributed by atoms with van der Waals surface area (Å²) < 4.78 is 15.3. The van der Waals surface area contributed by atoms with Gasteiger partial charge in [-0.05, 0) is 29.7 Å². The lowest BCUT2D eigenvalue weighted by Gasteiger charge is -2.14. The monoisotopic (exact) mass is 357 g/mol. The van der Waals surface area contributed by atoms with E-state index in [4.69, 9.17) is 14.2 Å². The van der Waals surface area contributed by atoms with Crippen molar-refractivity contribution >= 4 is 17.6 Å². The van der Waals surface area contributed by atoms with Crippen molar-refractivity contribution in [3.8, 4) is 11.5 Å². The standard InChI is InChI=1S/C20H23NO5/c1-13(2)17-7-5-6-8-18(17)21-19(22)12-26-20(23)14-9-15(24-3)11-16(10-14)25-4/h5-11,13H,12H2,1-4H3,(H,21,22). The lowest BCUT2D eigenvalue weighted by molar-refractivity contribution is -0.119. The maximum absolute atomic E-state index is 12.2. The molecule has 0 heterocycles. The van der Waals surface area contributed by atoms with Crippen molar-refractivity contribution in [1.82, 2.24) is 0 Å². The van der Waals surface area contributed by atoms with Crippen LogP contribution in [-0.4, -0.2) is 32.7 Å². The van der Waals surface area contributed by atoms with Gasteiger partial charge in [-0.3, -0.25) is 4.79 Å². The second-order valence-corrected chi connectivity index (χ2v) is 5.97. The summed E-state index contributed by atoms with van der Waals surface area (Å²) in [6.07, 6.45) is 0. The number of ether oxygens (including phenoxy) is 3. The number of nitrogens with one attached hydrogen (secondary N) is 1. The van der Waals surface area contributed by atoms with Crippen LogP contribution in [0.2, 0.25) is 0 Å². The Morgan fingerprint density at radius 2 is 1.62 bits per heavy atom. The normalized spacial score (nSPS) is 10.3. The average molecular weight is 357 g/mol. The molecule has 2 aromatic rings. The summed E-state index contributed by atoms with van der Waals surface area (Å²) in [6, 6.07) is 12.2. The summed E-state index contributed by atoms with van der Waals surface area (Å²) in [7, 11) is 2.98. The maximum atomic E-state index is 12.2. The van der Waals surface area contributed by atoms with E-state index in [-0.39, 0.29) is 18.1 Å². The highest BCUT2D eigenvalue weighted by atomic mass is 16.5. The SMILES string of the molecule is COc1cc(OC)cc(C(=O)OCC(=O)Nc2ccccc2C(C)C)c1. The molecule has 0 unspecified atom stereocenters. The van der Waals surface area contributed by atoms with Crippen molar-refractivity contribution in [3.63, 3.8) is 0 Å². The van der Waals surface area contributed by atoms with E-state index in [0.717, 1.165) is 5.56 Å². The van der Waals surface area contributed by atoms with Crippen LogP contribution in [0.1, 0.15) is 35.7 Å². The summed E-state index contributed by atoms with van der Waals surface area (Å²) in [4.78, 5) is 24.3. The third-order valence-electron chi connectivity index (χ3n) is 3.78. The molecule has 0 aliphatic rings. The van der Waals surface area contributed by atoms with Crippen LogP contribution < -0.4 is 14.8 Å². The second-order valence-electron chi connectivity index (χ2n) is 5.97. The van der Waals surface area contributed by atoms with Crippen LogP contribution in [0, 0.1) is 0 Å². The van der Waals surface area contributed by atoms with E-state index >= 15 is 0 Å². The van der Waals surface area contributed by atoms with Gasteiger partial charge in [0.15, 0.2) is 6.61 Å². The average Bonchev–Trinajstić information content (AvgIpc) is 2.65. The fraction of sp³-hybridized carbons (Fsp3) is 0.300. The zero-order valence-corrected chi connectivity index (χ0v) is 15.4. The van der Waals surface area contributed by atoms with Crippen LogP contribution in [0.25, 0.3) is 0 Å². The molecule has 0 aliphatic carbocycles. The largest absolute Gasteiger partial charge is 0.497 e. The molecule has 26 heavy (non-hydrogen) atoms. The van der Waals surface area contributed by atoms with Crippen molar-refractivity contribution in [3.05, 3.63) is 53.6 Å². The number of anilines is 1. The van der Waals surface area contributed by atoms with Gasteiger partial charge in [-0.2, -0.15) is 0 Å². The molecule has 0 atom stereocenters. The molecule has 6 nitrogen and oxygen atoms in total. The van der Waals surface area contributed by atoms with Gasteiger partial charge in [-0.1, -0.05) is 32.0 Å². The smallest absolute Gasteiger partial charge is 0.338 e. The summed E-state index contributed by atoms with van der Waals surface area (Å²) in [5.74, 6) is 0.160. The van der Waals surface area contributed by atoms with Crippen LogP contribution in [-0.2, 0) is 9.53 Å².